The van der Waals surface area contributed by atoms with Gasteiger partial charge in [0.25, 0.3) is 0 Å². The van der Waals surface area contributed by atoms with Gasteiger partial charge in [-0.3, -0.25) is 9.69 Å². The SMILES string of the molecule is CN(C)C(CC=Cc1ccccc1)C(=O)O. The average Bonchev–Trinajstić information content (AvgIpc) is 2.24. The van der Waals surface area contributed by atoms with Gasteiger partial charge in [-0.05, 0) is 26.1 Å². The second-order valence-electron chi connectivity index (χ2n) is 3.87. The number of aliphatic carboxylic acids is 1. The van der Waals surface area contributed by atoms with Crippen LogP contribution in [0.1, 0.15) is 12.0 Å². The molecule has 1 rings (SSSR count). The van der Waals surface area contributed by atoms with E-state index < -0.39 is 12.0 Å². The molecule has 0 aromatic heterocycles. The van der Waals surface area contributed by atoms with Gasteiger partial charge in [0.1, 0.15) is 6.04 Å². The van der Waals surface area contributed by atoms with Crippen molar-refractivity contribution in [2.45, 2.75) is 12.5 Å². The lowest BCUT2D eigenvalue weighted by Gasteiger charge is -2.17. The largest absolute Gasteiger partial charge is 0.480 e. The molecule has 1 aromatic rings. The summed E-state index contributed by atoms with van der Waals surface area (Å²) < 4.78 is 0. The van der Waals surface area contributed by atoms with Crippen molar-refractivity contribution in [1.29, 1.82) is 0 Å². The number of carboxylic acids is 1. The average molecular weight is 219 g/mol. The van der Waals surface area contributed by atoms with Crippen LogP contribution in [-0.4, -0.2) is 36.1 Å². The number of benzene rings is 1. The summed E-state index contributed by atoms with van der Waals surface area (Å²) in [5.41, 5.74) is 1.09. The van der Waals surface area contributed by atoms with E-state index in [4.69, 9.17) is 5.11 Å². The van der Waals surface area contributed by atoms with E-state index >= 15 is 0 Å². The van der Waals surface area contributed by atoms with E-state index in [1.54, 1.807) is 19.0 Å². The van der Waals surface area contributed by atoms with Crippen LogP contribution in [0.25, 0.3) is 6.08 Å². The number of rotatable bonds is 5. The van der Waals surface area contributed by atoms with Crippen LogP contribution in [0.2, 0.25) is 0 Å². The lowest BCUT2D eigenvalue weighted by molar-refractivity contribution is -0.142. The molecule has 0 aliphatic rings. The van der Waals surface area contributed by atoms with E-state index in [1.165, 1.54) is 0 Å². The van der Waals surface area contributed by atoms with Gasteiger partial charge in [0, 0.05) is 0 Å². The monoisotopic (exact) mass is 219 g/mol. The van der Waals surface area contributed by atoms with Gasteiger partial charge >= 0.3 is 5.97 Å². The van der Waals surface area contributed by atoms with Gasteiger partial charge in [0.2, 0.25) is 0 Å². The van der Waals surface area contributed by atoms with Crippen LogP contribution in [0.5, 0.6) is 0 Å². The third kappa shape index (κ3) is 3.87. The second kappa shape index (κ2) is 6.08. The molecule has 0 saturated heterocycles. The quantitative estimate of drug-likeness (QED) is 0.824. The Balaban J connectivity index is 2.56. The Morgan fingerprint density at radius 2 is 2.00 bits per heavy atom. The maximum atomic E-state index is 10.9. The van der Waals surface area contributed by atoms with Gasteiger partial charge in [0.05, 0.1) is 0 Å². The van der Waals surface area contributed by atoms with Crippen molar-refractivity contribution >= 4 is 12.0 Å². The second-order valence-corrected chi connectivity index (χ2v) is 3.87. The number of carbonyl (C=O) groups is 1. The molecule has 0 saturated carbocycles. The highest BCUT2D eigenvalue weighted by Crippen LogP contribution is 2.06. The molecule has 0 aliphatic heterocycles. The molecule has 86 valence electrons. The molecule has 0 amide bonds. The first-order chi connectivity index (χ1) is 7.61. The molecule has 0 aliphatic carbocycles. The fourth-order valence-corrected chi connectivity index (χ4v) is 1.43. The molecule has 0 spiro atoms. The van der Waals surface area contributed by atoms with E-state index in [2.05, 4.69) is 0 Å². The number of nitrogens with zero attached hydrogens (tertiary/aromatic N) is 1. The van der Waals surface area contributed by atoms with Crippen LogP contribution in [-0.2, 0) is 4.79 Å². The first kappa shape index (κ1) is 12.5. The predicted molar refractivity (Wildman–Crippen MR) is 65.2 cm³/mol. The molecule has 0 heterocycles. The van der Waals surface area contributed by atoms with E-state index in [-0.39, 0.29) is 0 Å². The molecule has 1 N–H and O–H groups in total. The highest BCUT2D eigenvalue weighted by molar-refractivity contribution is 5.73. The maximum Gasteiger partial charge on any atom is 0.321 e. The van der Waals surface area contributed by atoms with Gasteiger partial charge in [-0.1, -0.05) is 42.5 Å². The van der Waals surface area contributed by atoms with Crippen LogP contribution in [0, 0.1) is 0 Å². The van der Waals surface area contributed by atoms with Crippen molar-refractivity contribution in [3.05, 3.63) is 42.0 Å². The number of carboxylic acid groups (broad SMARTS) is 1. The van der Waals surface area contributed by atoms with Gasteiger partial charge in [-0.2, -0.15) is 0 Å². The lowest BCUT2D eigenvalue weighted by Crippen LogP contribution is -2.34. The highest BCUT2D eigenvalue weighted by atomic mass is 16.4. The minimum Gasteiger partial charge on any atom is -0.480 e. The number of hydrogen-bond acceptors (Lipinski definition) is 2. The molecule has 0 radical (unpaired) electrons. The zero-order valence-electron chi connectivity index (χ0n) is 9.63. The smallest absolute Gasteiger partial charge is 0.321 e. The van der Waals surface area contributed by atoms with E-state index in [9.17, 15) is 4.79 Å². The Bertz CT molecular complexity index is 357. The Hall–Kier alpha value is -1.61. The normalized spacial score (nSPS) is 13.2. The summed E-state index contributed by atoms with van der Waals surface area (Å²) in [5, 5.41) is 8.97. The fraction of sp³-hybridized carbons (Fsp3) is 0.308. The van der Waals surface area contributed by atoms with E-state index in [1.807, 2.05) is 42.5 Å². The Kier molecular flexibility index (Phi) is 4.73. The van der Waals surface area contributed by atoms with Crippen LogP contribution in [0.3, 0.4) is 0 Å². The van der Waals surface area contributed by atoms with Crippen molar-refractivity contribution in [2.24, 2.45) is 0 Å². The summed E-state index contributed by atoms with van der Waals surface area (Å²) in [6.45, 7) is 0. The highest BCUT2D eigenvalue weighted by Gasteiger charge is 2.17. The molecular formula is C13H17NO2. The van der Waals surface area contributed by atoms with Crippen LogP contribution < -0.4 is 0 Å². The Morgan fingerprint density at radius 1 is 1.38 bits per heavy atom. The standard InChI is InChI=1S/C13H17NO2/c1-14(2)12(13(15)16)10-6-9-11-7-4-3-5-8-11/h3-9,12H,10H2,1-2H3,(H,15,16). The van der Waals surface area contributed by atoms with Gasteiger partial charge in [0.15, 0.2) is 0 Å². The fourth-order valence-electron chi connectivity index (χ4n) is 1.43. The third-order valence-electron chi connectivity index (χ3n) is 2.38. The summed E-state index contributed by atoms with van der Waals surface area (Å²) in [6, 6.07) is 9.39. The Morgan fingerprint density at radius 3 is 2.50 bits per heavy atom. The zero-order valence-corrected chi connectivity index (χ0v) is 9.63. The maximum absolute atomic E-state index is 10.9. The van der Waals surface area contributed by atoms with Gasteiger partial charge in [-0.15, -0.1) is 0 Å². The van der Waals surface area contributed by atoms with Crippen molar-refractivity contribution < 1.29 is 9.90 Å². The molecule has 16 heavy (non-hydrogen) atoms. The molecule has 0 bridgehead atoms. The molecule has 0 fully saturated rings. The number of likely N-dealkylation sites (N-methyl/N-ethyl adjacent to an activating group) is 1. The first-order valence-corrected chi connectivity index (χ1v) is 5.22. The minimum atomic E-state index is -0.789. The van der Waals surface area contributed by atoms with Crippen molar-refractivity contribution in [1.82, 2.24) is 4.90 Å². The van der Waals surface area contributed by atoms with Crippen molar-refractivity contribution in [3.8, 4) is 0 Å². The molecule has 3 heteroatoms. The topological polar surface area (TPSA) is 40.5 Å². The van der Waals surface area contributed by atoms with Crippen molar-refractivity contribution in [2.75, 3.05) is 14.1 Å². The predicted octanol–water partition coefficient (Wildman–Crippen LogP) is 2.10. The summed E-state index contributed by atoms with van der Waals surface area (Å²) >= 11 is 0. The Labute approximate surface area is 96.0 Å². The third-order valence-corrected chi connectivity index (χ3v) is 2.38. The van der Waals surface area contributed by atoms with Crippen LogP contribution >= 0.6 is 0 Å². The molecule has 1 unspecified atom stereocenters. The van der Waals surface area contributed by atoms with Gasteiger partial charge < -0.3 is 5.11 Å². The minimum absolute atomic E-state index is 0.458. The van der Waals surface area contributed by atoms with Gasteiger partial charge in [-0.25, -0.2) is 0 Å². The molecule has 1 atom stereocenters. The summed E-state index contributed by atoms with van der Waals surface area (Å²) in [5.74, 6) is -0.789. The van der Waals surface area contributed by atoms with Crippen LogP contribution in [0.4, 0.5) is 0 Å². The van der Waals surface area contributed by atoms with Crippen LogP contribution in [0.15, 0.2) is 36.4 Å². The number of hydrogen-bond donors (Lipinski definition) is 1. The summed E-state index contributed by atoms with van der Waals surface area (Å²) in [4.78, 5) is 12.6. The van der Waals surface area contributed by atoms with E-state index in [0.717, 1.165) is 5.56 Å². The molecule has 1 aromatic carbocycles. The zero-order chi connectivity index (χ0) is 12.0. The molecular weight excluding hydrogens is 202 g/mol. The lowest BCUT2D eigenvalue weighted by atomic mass is 10.1. The van der Waals surface area contributed by atoms with E-state index in [0.29, 0.717) is 6.42 Å². The summed E-state index contributed by atoms with van der Waals surface area (Å²) in [6.07, 6.45) is 4.35. The molecule has 3 nitrogen and oxygen atoms in total. The summed E-state index contributed by atoms with van der Waals surface area (Å²) in [7, 11) is 3.55. The van der Waals surface area contributed by atoms with Crippen molar-refractivity contribution in [3.63, 3.8) is 0 Å². The first-order valence-electron chi connectivity index (χ1n) is 5.22.